The number of benzene rings is 1. The third-order valence-corrected chi connectivity index (χ3v) is 6.53. The van der Waals surface area contributed by atoms with E-state index in [1.54, 1.807) is 30.3 Å². The molecule has 32 heavy (non-hydrogen) atoms. The number of furan rings is 1. The molecule has 2 N–H and O–H groups in total. The third kappa shape index (κ3) is 4.40. The number of anilines is 1. The molecule has 2 heterocycles. The van der Waals surface area contributed by atoms with Crippen LogP contribution in [0.2, 0.25) is 5.02 Å². The molecule has 1 amide bonds. The van der Waals surface area contributed by atoms with Gasteiger partial charge in [-0.1, -0.05) is 23.4 Å². The van der Waals surface area contributed by atoms with Gasteiger partial charge in [-0.25, -0.2) is 0 Å². The second kappa shape index (κ2) is 9.55. The number of methoxy groups -OCH3 is 1. The summed E-state index contributed by atoms with van der Waals surface area (Å²) in [6, 6.07) is 10.7. The van der Waals surface area contributed by atoms with Gasteiger partial charge >= 0.3 is 0 Å². The Balaban J connectivity index is 1.57. The normalized spacial score (nSPS) is 18.0. The molecule has 7 nitrogen and oxygen atoms in total. The molecule has 1 aromatic heterocycles. The molecular formula is C23H20ClN3O4S. The Kier molecular flexibility index (Phi) is 6.58. The standard InChI is InChI=1S/C23H20ClN3O4S/c1-30-18-8-7-13(24)10-16(18)26-20(29)12-32-23-14(11-25)21(19-6-3-9-31-19)22-15(27-23)4-2-5-17(22)28/h3,6-10,21,27H,2,4-5,12H2,1H3,(H,26,29)/t21-/m1/s1. The number of allylic oxidation sites excluding steroid dienone is 3. The maximum absolute atomic E-state index is 12.7. The molecule has 1 aromatic carbocycles. The van der Waals surface area contributed by atoms with Gasteiger partial charge in [0.05, 0.1) is 47.4 Å². The Morgan fingerprint density at radius 1 is 1.41 bits per heavy atom. The molecule has 2 aliphatic rings. The Labute approximate surface area is 194 Å². The zero-order valence-electron chi connectivity index (χ0n) is 17.2. The quantitative estimate of drug-likeness (QED) is 0.629. The number of ketones is 1. The van der Waals surface area contributed by atoms with Crippen LogP contribution < -0.4 is 15.4 Å². The van der Waals surface area contributed by atoms with Crippen molar-refractivity contribution in [2.75, 3.05) is 18.2 Å². The van der Waals surface area contributed by atoms with Gasteiger partial charge in [0.25, 0.3) is 0 Å². The number of carbonyl (C=O) groups is 2. The van der Waals surface area contributed by atoms with Crippen molar-refractivity contribution in [3.8, 4) is 11.8 Å². The number of nitrogens with one attached hydrogen (secondary N) is 2. The topological polar surface area (TPSA) is 104 Å². The lowest BCUT2D eigenvalue weighted by Gasteiger charge is -2.32. The lowest BCUT2D eigenvalue weighted by atomic mass is 9.79. The van der Waals surface area contributed by atoms with Crippen LogP contribution in [0.1, 0.15) is 30.9 Å². The van der Waals surface area contributed by atoms with Crippen molar-refractivity contribution >= 4 is 40.7 Å². The van der Waals surface area contributed by atoms with Gasteiger partial charge in [0.2, 0.25) is 5.91 Å². The summed E-state index contributed by atoms with van der Waals surface area (Å²) in [5.41, 5.74) is 2.21. The summed E-state index contributed by atoms with van der Waals surface area (Å²) in [6.07, 6.45) is 3.42. The fourth-order valence-electron chi connectivity index (χ4n) is 3.88. The van der Waals surface area contributed by atoms with Crippen molar-refractivity contribution in [1.82, 2.24) is 5.32 Å². The number of thioether (sulfide) groups is 1. The Morgan fingerprint density at radius 2 is 2.25 bits per heavy atom. The van der Waals surface area contributed by atoms with E-state index < -0.39 is 5.92 Å². The van der Waals surface area contributed by atoms with E-state index in [2.05, 4.69) is 16.7 Å². The van der Waals surface area contributed by atoms with E-state index in [0.717, 1.165) is 12.1 Å². The summed E-state index contributed by atoms with van der Waals surface area (Å²) < 4.78 is 10.8. The van der Waals surface area contributed by atoms with Crippen molar-refractivity contribution in [3.05, 3.63) is 69.3 Å². The number of carbonyl (C=O) groups excluding carboxylic acids is 2. The molecule has 0 unspecified atom stereocenters. The minimum atomic E-state index is -0.572. The highest BCUT2D eigenvalue weighted by molar-refractivity contribution is 8.03. The van der Waals surface area contributed by atoms with E-state index in [1.807, 2.05) is 0 Å². The Hall–Kier alpha value is -3.15. The number of rotatable bonds is 6. The average Bonchev–Trinajstić information content (AvgIpc) is 3.31. The molecule has 9 heteroatoms. The maximum atomic E-state index is 12.7. The van der Waals surface area contributed by atoms with E-state index in [9.17, 15) is 14.9 Å². The predicted molar refractivity (Wildman–Crippen MR) is 122 cm³/mol. The van der Waals surface area contributed by atoms with Crippen molar-refractivity contribution in [2.45, 2.75) is 25.2 Å². The van der Waals surface area contributed by atoms with Gasteiger partial charge < -0.3 is 19.8 Å². The van der Waals surface area contributed by atoms with Gasteiger partial charge in [-0.2, -0.15) is 5.26 Å². The van der Waals surface area contributed by atoms with E-state index in [-0.39, 0.29) is 17.4 Å². The molecule has 4 rings (SSSR count). The SMILES string of the molecule is COc1ccc(Cl)cc1NC(=O)CSC1=C(C#N)[C@H](c2ccco2)C2=C(CCCC2=O)N1. The fraction of sp³-hybridized carbons (Fsp3) is 0.261. The summed E-state index contributed by atoms with van der Waals surface area (Å²) in [4.78, 5) is 25.3. The van der Waals surface area contributed by atoms with Crippen LogP contribution in [-0.2, 0) is 9.59 Å². The highest BCUT2D eigenvalue weighted by atomic mass is 35.5. The number of halogens is 1. The molecule has 0 spiro atoms. The molecule has 1 aliphatic heterocycles. The lowest BCUT2D eigenvalue weighted by Crippen LogP contribution is -2.31. The van der Waals surface area contributed by atoms with E-state index >= 15 is 0 Å². The second-order valence-electron chi connectivity index (χ2n) is 7.28. The van der Waals surface area contributed by atoms with Gasteiger partial charge in [-0.15, -0.1) is 0 Å². The first-order chi connectivity index (χ1) is 15.5. The third-order valence-electron chi connectivity index (χ3n) is 5.27. The largest absolute Gasteiger partial charge is 0.495 e. The van der Waals surface area contributed by atoms with Gasteiger partial charge in [0.15, 0.2) is 5.78 Å². The van der Waals surface area contributed by atoms with Gasteiger partial charge in [-0.3, -0.25) is 9.59 Å². The van der Waals surface area contributed by atoms with Crippen molar-refractivity contribution in [2.24, 2.45) is 0 Å². The second-order valence-corrected chi connectivity index (χ2v) is 8.70. The van der Waals surface area contributed by atoms with E-state index in [1.165, 1.54) is 25.1 Å². The maximum Gasteiger partial charge on any atom is 0.234 e. The molecule has 0 saturated heterocycles. The van der Waals surface area contributed by atoms with Gasteiger partial charge in [0.1, 0.15) is 11.5 Å². The number of nitrogens with zero attached hydrogens (tertiary/aromatic N) is 1. The molecule has 0 bridgehead atoms. The van der Waals surface area contributed by atoms with Crippen LogP contribution in [0.3, 0.4) is 0 Å². The van der Waals surface area contributed by atoms with Crippen LogP contribution >= 0.6 is 23.4 Å². The molecular weight excluding hydrogens is 450 g/mol. The van der Waals surface area contributed by atoms with Crippen molar-refractivity contribution in [1.29, 1.82) is 5.26 Å². The number of amides is 1. The summed E-state index contributed by atoms with van der Waals surface area (Å²) in [7, 11) is 1.51. The summed E-state index contributed by atoms with van der Waals surface area (Å²) in [6.45, 7) is 0. The van der Waals surface area contributed by atoms with Crippen LogP contribution in [0.5, 0.6) is 5.75 Å². The number of hydrogen-bond donors (Lipinski definition) is 2. The molecule has 0 fully saturated rings. The highest BCUT2D eigenvalue weighted by Gasteiger charge is 2.38. The number of nitriles is 1. The number of dihydropyridines is 1. The first-order valence-corrected chi connectivity index (χ1v) is 11.3. The van der Waals surface area contributed by atoms with Crippen molar-refractivity contribution in [3.63, 3.8) is 0 Å². The van der Waals surface area contributed by atoms with Gasteiger partial charge in [-0.05, 0) is 43.2 Å². The molecule has 0 radical (unpaired) electrons. The first kappa shape index (κ1) is 22.1. The molecule has 0 saturated carbocycles. The van der Waals surface area contributed by atoms with Crippen LogP contribution in [0.4, 0.5) is 5.69 Å². The van der Waals surface area contributed by atoms with Crippen LogP contribution in [-0.4, -0.2) is 24.6 Å². The summed E-state index contributed by atoms with van der Waals surface area (Å²) >= 11 is 7.23. The fourth-order valence-corrected chi connectivity index (χ4v) is 4.91. The minimum absolute atomic E-state index is 0.0164. The monoisotopic (exact) mass is 469 g/mol. The van der Waals surface area contributed by atoms with Crippen molar-refractivity contribution < 1.29 is 18.7 Å². The van der Waals surface area contributed by atoms with Crippen LogP contribution in [0, 0.1) is 11.3 Å². The lowest BCUT2D eigenvalue weighted by molar-refractivity contribution is -0.116. The zero-order valence-corrected chi connectivity index (χ0v) is 18.8. The predicted octanol–water partition coefficient (Wildman–Crippen LogP) is 4.74. The summed E-state index contributed by atoms with van der Waals surface area (Å²) in [5, 5.41) is 17.0. The van der Waals surface area contributed by atoms with Crippen LogP contribution in [0.15, 0.2) is 62.9 Å². The van der Waals surface area contributed by atoms with E-state index in [0.29, 0.717) is 51.2 Å². The molecule has 1 aliphatic carbocycles. The molecule has 1 atom stereocenters. The highest BCUT2D eigenvalue weighted by Crippen LogP contribution is 2.44. The van der Waals surface area contributed by atoms with E-state index in [4.69, 9.17) is 20.8 Å². The summed E-state index contributed by atoms with van der Waals surface area (Å²) in [5.74, 6) is 0.243. The number of hydrogen-bond acceptors (Lipinski definition) is 7. The Morgan fingerprint density at radius 3 is 2.97 bits per heavy atom. The Bertz CT molecular complexity index is 1160. The smallest absolute Gasteiger partial charge is 0.234 e. The first-order valence-electron chi connectivity index (χ1n) is 9.99. The van der Waals surface area contributed by atoms with Crippen LogP contribution in [0.25, 0.3) is 0 Å². The molecule has 2 aromatic rings. The number of ether oxygens (including phenoxy) is 1. The minimum Gasteiger partial charge on any atom is -0.495 e. The zero-order chi connectivity index (χ0) is 22.7. The molecule has 164 valence electrons. The number of Topliss-reactive ketones (excluding diaryl/α,β-unsaturated/α-hetero) is 1. The average molecular weight is 470 g/mol. The van der Waals surface area contributed by atoms with Gasteiger partial charge in [0, 0.05) is 22.7 Å².